The molecule has 0 saturated carbocycles. The number of hydrogen-bond acceptors (Lipinski definition) is 5. The van der Waals surface area contributed by atoms with Crippen LogP contribution in [0.5, 0.6) is 0 Å². The number of anilines is 1. The Morgan fingerprint density at radius 3 is 2.31 bits per heavy atom. The molecule has 156 valence electrons. The summed E-state index contributed by atoms with van der Waals surface area (Å²) in [4.78, 5) is 29.4. The second kappa shape index (κ2) is 12.2. The third-order valence-electron chi connectivity index (χ3n) is 4.58. The summed E-state index contributed by atoms with van der Waals surface area (Å²) in [7, 11) is 1.80. The van der Waals surface area contributed by atoms with Crippen LogP contribution in [0.3, 0.4) is 0 Å². The maximum Gasteiger partial charge on any atom is 0.251 e. The van der Waals surface area contributed by atoms with Crippen LogP contribution >= 0.6 is 24.0 Å². The Balaban J connectivity index is 0.00000300. The van der Waals surface area contributed by atoms with Crippen LogP contribution in [0.2, 0.25) is 0 Å². The number of aliphatic imine (C=N–C) groups is 1. The quantitative estimate of drug-likeness (QED) is 0.267. The number of amides is 1. The van der Waals surface area contributed by atoms with Gasteiger partial charge in [-0.15, -0.1) is 24.0 Å². The van der Waals surface area contributed by atoms with Crippen LogP contribution in [-0.2, 0) is 0 Å². The maximum absolute atomic E-state index is 12.0. The number of guanidine groups is 1. The summed E-state index contributed by atoms with van der Waals surface area (Å²) in [5.74, 6) is 1.63. The van der Waals surface area contributed by atoms with E-state index in [1.165, 1.54) is 0 Å². The maximum atomic E-state index is 12.0. The highest BCUT2D eigenvalue weighted by atomic mass is 127. The van der Waals surface area contributed by atoms with Gasteiger partial charge in [0.2, 0.25) is 5.95 Å². The number of benzene rings is 1. The molecule has 2 N–H and O–H groups in total. The number of hydrogen-bond donors (Lipinski definition) is 2. The molecule has 2 heterocycles. The first-order chi connectivity index (χ1) is 13.8. The lowest BCUT2D eigenvalue weighted by atomic mass is 10.2. The predicted octanol–water partition coefficient (Wildman–Crippen LogP) is 1.61. The summed E-state index contributed by atoms with van der Waals surface area (Å²) in [6, 6.07) is 11.1. The largest absolute Gasteiger partial charge is 0.356 e. The van der Waals surface area contributed by atoms with Crippen LogP contribution in [0, 0.1) is 0 Å². The van der Waals surface area contributed by atoms with Gasteiger partial charge in [0.05, 0.1) is 0 Å². The van der Waals surface area contributed by atoms with Crippen LogP contribution in [0.4, 0.5) is 5.95 Å². The smallest absolute Gasteiger partial charge is 0.251 e. The van der Waals surface area contributed by atoms with Crippen molar-refractivity contribution in [3.05, 3.63) is 54.4 Å². The van der Waals surface area contributed by atoms with Crippen molar-refractivity contribution < 1.29 is 4.79 Å². The zero-order valence-electron chi connectivity index (χ0n) is 16.6. The van der Waals surface area contributed by atoms with E-state index in [4.69, 9.17) is 0 Å². The van der Waals surface area contributed by atoms with Gasteiger partial charge in [-0.25, -0.2) is 9.97 Å². The lowest BCUT2D eigenvalue weighted by Crippen LogP contribution is -2.53. The molecule has 1 amide bonds. The van der Waals surface area contributed by atoms with Crippen molar-refractivity contribution in [1.82, 2.24) is 25.5 Å². The number of aromatic nitrogens is 2. The molecule has 1 aromatic heterocycles. The minimum absolute atomic E-state index is 0. The molecule has 0 aliphatic carbocycles. The number of halogens is 1. The van der Waals surface area contributed by atoms with Gasteiger partial charge in [-0.3, -0.25) is 9.79 Å². The second-order valence-electron chi connectivity index (χ2n) is 6.47. The molecule has 0 spiro atoms. The van der Waals surface area contributed by atoms with Gasteiger partial charge in [-0.1, -0.05) is 18.2 Å². The third-order valence-corrected chi connectivity index (χ3v) is 4.58. The molecule has 29 heavy (non-hydrogen) atoms. The summed E-state index contributed by atoms with van der Waals surface area (Å²) >= 11 is 0. The molecule has 2 aromatic rings. The van der Waals surface area contributed by atoms with Gasteiger partial charge >= 0.3 is 0 Å². The molecule has 1 aliphatic heterocycles. The number of nitrogens with one attached hydrogen (secondary N) is 2. The Labute approximate surface area is 188 Å². The van der Waals surface area contributed by atoms with E-state index in [0.29, 0.717) is 12.1 Å². The fourth-order valence-corrected chi connectivity index (χ4v) is 3.09. The predicted molar refractivity (Wildman–Crippen MR) is 126 cm³/mol. The van der Waals surface area contributed by atoms with Crippen molar-refractivity contribution in [2.75, 3.05) is 51.2 Å². The first-order valence-electron chi connectivity index (χ1n) is 9.59. The van der Waals surface area contributed by atoms with Gasteiger partial charge in [0, 0.05) is 64.3 Å². The molecule has 0 bridgehead atoms. The van der Waals surface area contributed by atoms with Crippen molar-refractivity contribution in [2.45, 2.75) is 6.42 Å². The van der Waals surface area contributed by atoms with Crippen LogP contribution in [-0.4, -0.2) is 73.1 Å². The lowest BCUT2D eigenvalue weighted by molar-refractivity contribution is 0.0953. The van der Waals surface area contributed by atoms with Crippen LogP contribution < -0.4 is 15.5 Å². The zero-order valence-corrected chi connectivity index (χ0v) is 19.0. The molecule has 0 atom stereocenters. The normalized spacial score (nSPS) is 14.2. The molecule has 0 unspecified atom stereocenters. The first kappa shape index (κ1) is 22.9. The molecule has 1 fully saturated rings. The van der Waals surface area contributed by atoms with Gasteiger partial charge in [-0.05, 0) is 24.6 Å². The van der Waals surface area contributed by atoms with E-state index in [1.54, 1.807) is 19.4 Å². The second-order valence-corrected chi connectivity index (χ2v) is 6.47. The Morgan fingerprint density at radius 2 is 1.66 bits per heavy atom. The molecular formula is C20H28IN7O. The molecule has 1 saturated heterocycles. The van der Waals surface area contributed by atoms with E-state index in [2.05, 4.69) is 35.4 Å². The van der Waals surface area contributed by atoms with E-state index < -0.39 is 0 Å². The Morgan fingerprint density at radius 1 is 1.00 bits per heavy atom. The number of carbonyl (C=O) groups excluding carboxylic acids is 1. The molecule has 8 nitrogen and oxygen atoms in total. The van der Waals surface area contributed by atoms with E-state index in [0.717, 1.165) is 51.1 Å². The minimum Gasteiger partial charge on any atom is -0.356 e. The fourth-order valence-electron chi connectivity index (χ4n) is 3.09. The molecule has 1 aliphatic rings. The number of carbonyl (C=O) groups is 1. The summed E-state index contributed by atoms with van der Waals surface area (Å²) in [6.45, 7) is 4.82. The van der Waals surface area contributed by atoms with E-state index in [1.807, 2.05) is 36.4 Å². The van der Waals surface area contributed by atoms with Crippen molar-refractivity contribution in [2.24, 2.45) is 4.99 Å². The van der Waals surface area contributed by atoms with E-state index >= 15 is 0 Å². The van der Waals surface area contributed by atoms with Gasteiger partial charge in [0.15, 0.2) is 5.96 Å². The third kappa shape index (κ3) is 6.84. The summed E-state index contributed by atoms with van der Waals surface area (Å²) in [6.07, 6.45) is 4.37. The Kier molecular flexibility index (Phi) is 9.62. The SMILES string of the molecule is CN=C(NCCCNC(=O)c1ccccc1)N1CCN(c2ncccn2)CC1.I. The van der Waals surface area contributed by atoms with Crippen molar-refractivity contribution in [1.29, 1.82) is 0 Å². The van der Waals surface area contributed by atoms with Crippen LogP contribution in [0.25, 0.3) is 0 Å². The number of nitrogens with zero attached hydrogens (tertiary/aromatic N) is 5. The average Bonchev–Trinajstić information content (AvgIpc) is 2.77. The standard InChI is InChI=1S/C20H27N7O.HI/c1-21-19(23-10-5-9-22-18(28)17-7-3-2-4-8-17)26-13-15-27(16-14-26)20-24-11-6-12-25-20;/h2-4,6-8,11-12H,5,9-10,13-16H2,1H3,(H,21,23)(H,22,28);1H. The summed E-state index contributed by atoms with van der Waals surface area (Å²) in [5, 5.41) is 6.32. The van der Waals surface area contributed by atoms with Gasteiger partial charge in [0.25, 0.3) is 5.91 Å². The lowest BCUT2D eigenvalue weighted by Gasteiger charge is -2.36. The van der Waals surface area contributed by atoms with Crippen molar-refractivity contribution in [3.63, 3.8) is 0 Å². The Bertz CT molecular complexity index is 765. The highest BCUT2D eigenvalue weighted by Gasteiger charge is 2.20. The molecular weight excluding hydrogens is 481 g/mol. The van der Waals surface area contributed by atoms with E-state index in [9.17, 15) is 4.79 Å². The van der Waals surface area contributed by atoms with Crippen molar-refractivity contribution >= 4 is 41.8 Å². The highest BCUT2D eigenvalue weighted by Crippen LogP contribution is 2.09. The highest BCUT2D eigenvalue weighted by molar-refractivity contribution is 14.0. The van der Waals surface area contributed by atoms with Crippen LogP contribution in [0.1, 0.15) is 16.8 Å². The Hall–Kier alpha value is -2.43. The summed E-state index contributed by atoms with van der Waals surface area (Å²) < 4.78 is 0. The minimum atomic E-state index is -0.0377. The van der Waals surface area contributed by atoms with Crippen molar-refractivity contribution in [3.8, 4) is 0 Å². The molecule has 9 heteroatoms. The van der Waals surface area contributed by atoms with Gasteiger partial charge in [-0.2, -0.15) is 0 Å². The van der Waals surface area contributed by atoms with Gasteiger partial charge in [0.1, 0.15) is 0 Å². The monoisotopic (exact) mass is 509 g/mol. The van der Waals surface area contributed by atoms with Crippen LogP contribution in [0.15, 0.2) is 53.8 Å². The van der Waals surface area contributed by atoms with E-state index in [-0.39, 0.29) is 29.9 Å². The topological polar surface area (TPSA) is 85.8 Å². The molecule has 1 aromatic carbocycles. The number of piperazine rings is 1. The molecule has 3 rings (SSSR count). The molecule has 0 radical (unpaired) electrons. The first-order valence-corrected chi connectivity index (χ1v) is 9.59. The summed E-state index contributed by atoms with van der Waals surface area (Å²) in [5.41, 5.74) is 0.687. The number of rotatable bonds is 6. The zero-order chi connectivity index (χ0) is 19.6. The average molecular weight is 509 g/mol. The fraction of sp³-hybridized carbons (Fsp3) is 0.400. The van der Waals surface area contributed by atoms with Gasteiger partial charge < -0.3 is 20.4 Å².